The summed E-state index contributed by atoms with van der Waals surface area (Å²) in [6.07, 6.45) is 0. The van der Waals surface area contributed by atoms with E-state index in [0.29, 0.717) is 16.2 Å². The van der Waals surface area contributed by atoms with Crippen molar-refractivity contribution in [1.82, 2.24) is 0 Å². The van der Waals surface area contributed by atoms with E-state index in [1.165, 1.54) is 17.4 Å². The fraction of sp³-hybridized carbons (Fsp3) is 0. The maximum atomic E-state index is 9.12. The van der Waals surface area contributed by atoms with Gasteiger partial charge in [-0.25, -0.2) is 0 Å². The lowest BCUT2D eigenvalue weighted by Crippen LogP contribution is -2.30. The molecule has 2 aromatic rings. The van der Waals surface area contributed by atoms with Crippen LogP contribution in [0.3, 0.4) is 0 Å². The Labute approximate surface area is 89.9 Å². The summed E-state index contributed by atoms with van der Waals surface area (Å²) in [6, 6.07) is 3.28. The summed E-state index contributed by atoms with van der Waals surface area (Å²) in [5.74, 6) is 0. The number of fused-ring (bicyclic) bond motifs is 1. The molecule has 0 atom stereocenters. The second-order valence-electron chi connectivity index (χ2n) is 2.91. The molecule has 0 radical (unpaired) electrons. The minimum Gasteiger partial charge on any atom is -0.423 e. The van der Waals surface area contributed by atoms with E-state index in [9.17, 15) is 0 Å². The maximum absolute atomic E-state index is 9.12. The van der Waals surface area contributed by atoms with Crippen molar-refractivity contribution in [3.8, 4) is 0 Å². The smallest absolute Gasteiger partial charge is 0.423 e. The topological polar surface area (TPSA) is 66.5 Å². The first-order valence-electron chi connectivity index (χ1n) is 3.92. The van der Waals surface area contributed by atoms with E-state index >= 15 is 0 Å². The highest BCUT2D eigenvalue weighted by Gasteiger charge is 2.18. The molecular formula is C8H7BClNO2S. The van der Waals surface area contributed by atoms with Crippen LogP contribution in [0.25, 0.3) is 10.1 Å². The number of hydrogen-bond acceptors (Lipinski definition) is 4. The second kappa shape index (κ2) is 3.44. The predicted molar refractivity (Wildman–Crippen MR) is 61.1 cm³/mol. The van der Waals surface area contributed by atoms with Gasteiger partial charge >= 0.3 is 7.12 Å². The molecule has 0 saturated carbocycles. The Kier molecular flexibility index (Phi) is 2.40. The van der Waals surface area contributed by atoms with Gasteiger partial charge in [0.1, 0.15) is 0 Å². The summed E-state index contributed by atoms with van der Waals surface area (Å²) < 4.78 is 0.787. The number of anilines is 1. The molecule has 0 bridgehead atoms. The molecule has 6 heteroatoms. The van der Waals surface area contributed by atoms with Gasteiger partial charge in [0.15, 0.2) is 0 Å². The van der Waals surface area contributed by atoms with E-state index in [4.69, 9.17) is 27.4 Å². The van der Waals surface area contributed by atoms with E-state index in [1.54, 1.807) is 6.07 Å². The highest BCUT2D eigenvalue weighted by Crippen LogP contribution is 2.31. The van der Waals surface area contributed by atoms with Gasteiger partial charge in [-0.05, 0) is 28.4 Å². The van der Waals surface area contributed by atoms with Crippen LogP contribution < -0.4 is 11.2 Å². The number of nitrogen functional groups attached to an aromatic ring is 1. The molecular weight excluding hydrogens is 220 g/mol. The Morgan fingerprint density at radius 2 is 2.14 bits per heavy atom. The predicted octanol–water partition coefficient (Wildman–Crippen LogP) is 0.817. The number of hydrogen-bond donors (Lipinski definition) is 3. The van der Waals surface area contributed by atoms with Gasteiger partial charge in [-0.3, -0.25) is 0 Å². The lowest BCUT2D eigenvalue weighted by Gasteiger charge is -2.05. The normalized spacial score (nSPS) is 10.8. The van der Waals surface area contributed by atoms with Crippen LogP contribution in [-0.2, 0) is 0 Å². The summed E-state index contributed by atoms with van der Waals surface area (Å²) >= 11 is 7.39. The van der Waals surface area contributed by atoms with E-state index in [-0.39, 0.29) is 0 Å². The fourth-order valence-electron chi connectivity index (χ4n) is 1.36. The number of nitrogens with two attached hydrogens (primary N) is 1. The Morgan fingerprint density at radius 1 is 1.43 bits per heavy atom. The summed E-state index contributed by atoms with van der Waals surface area (Å²) in [6.45, 7) is 0. The van der Waals surface area contributed by atoms with Crippen molar-refractivity contribution < 1.29 is 10.0 Å². The van der Waals surface area contributed by atoms with Crippen LogP contribution in [0.1, 0.15) is 0 Å². The molecule has 1 aromatic heterocycles. The molecule has 2 rings (SSSR count). The lowest BCUT2D eigenvalue weighted by molar-refractivity contribution is 0.426. The van der Waals surface area contributed by atoms with Gasteiger partial charge in [-0.2, -0.15) is 0 Å². The molecule has 0 aliphatic rings. The lowest BCUT2D eigenvalue weighted by atomic mass is 9.78. The highest BCUT2D eigenvalue weighted by atomic mass is 35.5. The zero-order valence-corrected chi connectivity index (χ0v) is 8.64. The van der Waals surface area contributed by atoms with E-state index in [2.05, 4.69) is 0 Å². The largest absolute Gasteiger partial charge is 0.489 e. The highest BCUT2D eigenvalue weighted by molar-refractivity contribution is 7.18. The van der Waals surface area contributed by atoms with Gasteiger partial charge in [-0.1, -0.05) is 11.6 Å². The van der Waals surface area contributed by atoms with Crippen molar-refractivity contribution in [3.63, 3.8) is 0 Å². The average molecular weight is 227 g/mol. The quantitative estimate of drug-likeness (QED) is 0.499. The van der Waals surface area contributed by atoms with Crippen molar-refractivity contribution in [3.05, 3.63) is 22.5 Å². The van der Waals surface area contributed by atoms with Gasteiger partial charge in [0.2, 0.25) is 0 Å². The summed E-state index contributed by atoms with van der Waals surface area (Å²) in [4.78, 5) is 0. The van der Waals surface area contributed by atoms with Crippen LogP contribution in [0, 0.1) is 0 Å². The SMILES string of the molecule is Nc1cc(B(O)O)c2ccsc2c1Cl. The summed E-state index contributed by atoms with van der Waals surface area (Å²) in [7, 11) is -1.52. The number of thiophene rings is 1. The van der Waals surface area contributed by atoms with Crippen molar-refractivity contribution in [2.24, 2.45) is 0 Å². The Morgan fingerprint density at radius 3 is 2.79 bits per heavy atom. The van der Waals surface area contributed by atoms with E-state index in [1.807, 2.05) is 5.38 Å². The molecule has 0 amide bonds. The Hall–Kier alpha value is -0.745. The first-order valence-corrected chi connectivity index (χ1v) is 5.18. The van der Waals surface area contributed by atoms with Gasteiger partial charge in [0, 0.05) is 0 Å². The van der Waals surface area contributed by atoms with Gasteiger partial charge in [-0.15, -0.1) is 11.3 Å². The van der Waals surface area contributed by atoms with Crippen molar-refractivity contribution in [2.75, 3.05) is 5.73 Å². The first-order chi connectivity index (χ1) is 6.61. The Bertz CT molecular complexity index is 485. The van der Waals surface area contributed by atoms with Crippen LogP contribution in [0.2, 0.25) is 5.02 Å². The van der Waals surface area contributed by atoms with E-state index in [0.717, 1.165) is 10.1 Å². The Balaban J connectivity index is 2.84. The molecule has 3 nitrogen and oxygen atoms in total. The molecule has 4 N–H and O–H groups in total. The van der Waals surface area contributed by atoms with Crippen LogP contribution in [-0.4, -0.2) is 17.2 Å². The summed E-state index contributed by atoms with van der Waals surface area (Å²) in [5, 5.41) is 21.3. The number of rotatable bonds is 1. The van der Waals surface area contributed by atoms with Crippen LogP contribution in [0.4, 0.5) is 5.69 Å². The monoisotopic (exact) mass is 227 g/mol. The minimum absolute atomic E-state index is 0.365. The average Bonchev–Trinajstić information content (AvgIpc) is 2.59. The molecule has 0 saturated heterocycles. The van der Waals surface area contributed by atoms with Crippen molar-refractivity contribution in [1.29, 1.82) is 0 Å². The molecule has 0 aliphatic carbocycles. The van der Waals surface area contributed by atoms with E-state index < -0.39 is 7.12 Å². The maximum Gasteiger partial charge on any atom is 0.489 e. The third-order valence-corrected chi connectivity index (χ3v) is 3.47. The second-order valence-corrected chi connectivity index (χ2v) is 4.20. The molecule has 14 heavy (non-hydrogen) atoms. The zero-order valence-electron chi connectivity index (χ0n) is 7.07. The van der Waals surface area contributed by atoms with Crippen LogP contribution >= 0.6 is 22.9 Å². The molecule has 0 spiro atoms. The molecule has 0 aliphatic heterocycles. The van der Waals surface area contributed by atoms with Crippen molar-refractivity contribution >= 4 is 51.3 Å². The number of benzene rings is 1. The first kappa shape index (κ1) is 9.80. The van der Waals surface area contributed by atoms with Gasteiger partial charge in [0.25, 0.3) is 0 Å². The third kappa shape index (κ3) is 1.38. The van der Waals surface area contributed by atoms with Crippen LogP contribution in [0.15, 0.2) is 17.5 Å². The molecule has 1 heterocycles. The van der Waals surface area contributed by atoms with Crippen LogP contribution in [0.5, 0.6) is 0 Å². The summed E-state index contributed by atoms with van der Waals surface area (Å²) in [5.41, 5.74) is 6.39. The van der Waals surface area contributed by atoms with Crippen molar-refractivity contribution in [2.45, 2.75) is 0 Å². The molecule has 1 aromatic carbocycles. The minimum atomic E-state index is -1.52. The van der Waals surface area contributed by atoms with Gasteiger partial charge < -0.3 is 15.8 Å². The van der Waals surface area contributed by atoms with Gasteiger partial charge in [0.05, 0.1) is 15.4 Å². The molecule has 0 fully saturated rings. The number of halogens is 1. The third-order valence-electron chi connectivity index (χ3n) is 2.02. The standard InChI is InChI=1S/C8H7BClNO2S/c10-7-6(11)3-5(9(12)13)4-1-2-14-8(4)7/h1-3,12-13H,11H2. The molecule has 72 valence electrons. The molecule has 0 unspecified atom stereocenters. The zero-order chi connectivity index (χ0) is 10.3. The fourth-order valence-corrected chi connectivity index (χ4v) is 2.52.